The van der Waals surface area contributed by atoms with Crippen LogP contribution in [0.25, 0.3) is 16.9 Å². The average Bonchev–Trinajstić information content (AvgIpc) is 3.43. The minimum absolute atomic E-state index is 0.0940. The van der Waals surface area contributed by atoms with Crippen LogP contribution in [-0.2, 0) is 9.47 Å². The normalized spacial score (nSPS) is 21.7. The van der Waals surface area contributed by atoms with Gasteiger partial charge >= 0.3 is 6.03 Å². The van der Waals surface area contributed by atoms with E-state index in [4.69, 9.17) is 19.4 Å². The Balaban J connectivity index is 1.12. The summed E-state index contributed by atoms with van der Waals surface area (Å²) in [6.07, 6.45) is 3.62. The number of hydrogen-bond donors (Lipinski definition) is 3. The molecule has 3 fully saturated rings. The molecular formula is C30H40F2N8O3. The zero-order chi connectivity index (χ0) is 29.6. The Morgan fingerprint density at radius 1 is 0.907 bits per heavy atom. The van der Waals surface area contributed by atoms with Crippen LogP contribution < -0.4 is 20.9 Å². The summed E-state index contributed by atoms with van der Waals surface area (Å²) in [7, 11) is 0. The molecule has 2 aliphatic heterocycles. The van der Waals surface area contributed by atoms with E-state index < -0.39 is 6.43 Å². The van der Waals surface area contributed by atoms with Gasteiger partial charge in [-0.05, 0) is 63.0 Å². The van der Waals surface area contributed by atoms with Gasteiger partial charge in [-0.1, -0.05) is 12.1 Å². The zero-order valence-electron chi connectivity index (χ0n) is 24.3. The summed E-state index contributed by atoms with van der Waals surface area (Å²) >= 11 is 0. The van der Waals surface area contributed by atoms with E-state index in [1.54, 1.807) is 30.3 Å². The first-order valence-electron chi connectivity index (χ1n) is 15.4. The Labute approximate surface area is 249 Å². The van der Waals surface area contributed by atoms with E-state index in [1.807, 2.05) is 0 Å². The van der Waals surface area contributed by atoms with Gasteiger partial charge in [0, 0.05) is 51.0 Å². The highest BCUT2D eigenvalue weighted by molar-refractivity contribution is 5.78. The summed E-state index contributed by atoms with van der Waals surface area (Å²) in [6, 6.07) is 8.91. The number of nitrogens with one attached hydrogen (secondary N) is 3. The Hall–Kier alpha value is -3.58. The number of halogens is 2. The van der Waals surface area contributed by atoms with Crippen molar-refractivity contribution in [1.82, 2.24) is 30.2 Å². The molecule has 0 unspecified atom stereocenters. The number of benzene rings is 1. The van der Waals surface area contributed by atoms with Crippen LogP contribution in [0.3, 0.4) is 0 Å². The van der Waals surface area contributed by atoms with Gasteiger partial charge in [0.25, 0.3) is 6.43 Å². The lowest BCUT2D eigenvalue weighted by Gasteiger charge is -2.31. The molecule has 43 heavy (non-hydrogen) atoms. The van der Waals surface area contributed by atoms with E-state index in [1.165, 1.54) is 4.57 Å². The summed E-state index contributed by atoms with van der Waals surface area (Å²) in [5.74, 6) is 1.66. The molecule has 3 N–H and O–H groups in total. The maximum atomic E-state index is 14.2. The smallest absolute Gasteiger partial charge is 0.315 e. The molecule has 2 saturated heterocycles. The number of carbonyl (C=O) groups is 1. The van der Waals surface area contributed by atoms with Crippen molar-refractivity contribution in [3.63, 3.8) is 0 Å². The van der Waals surface area contributed by atoms with Gasteiger partial charge in [-0.3, -0.25) is 4.57 Å². The average molecular weight is 599 g/mol. The Morgan fingerprint density at radius 2 is 1.60 bits per heavy atom. The van der Waals surface area contributed by atoms with E-state index in [9.17, 15) is 13.6 Å². The van der Waals surface area contributed by atoms with Crippen molar-refractivity contribution in [2.45, 2.75) is 63.5 Å². The number of urea groups is 1. The fourth-order valence-electron chi connectivity index (χ4n) is 6.21. The predicted octanol–water partition coefficient (Wildman–Crippen LogP) is 4.43. The molecule has 2 amide bonds. The molecule has 0 spiro atoms. The molecule has 11 nitrogen and oxygen atoms in total. The lowest BCUT2D eigenvalue weighted by molar-refractivity contribution is 0.0641. The van der Waals surface area contributed by atoms with Crippen molar-refractivity contribution >= 4 is 28.8 Å². The maximum Gasteiger partial charge on any atom is 0.315 e. The number of aromatic nitrogens is 4. The number of imidazole rings is 1. The number of anilines is 2. The Morgan fingerprint density at radius 3 is 2.37 bits per heavy atom. The van der Waals surface area contributed by atoms with Gasteiger partial charge in [-0.2, -0.15) is 9.97 Å². The summed E-state index contributed by atoms with van der Waals surface area (Å²) in [5, 5.41) is 9.59. The van der Waals surface area contributed by atoms with Gasteiger partial charge in [0.15, 0.2) is 5.82 Å². The number of amides is 2. The van der Waals surface area contributed by atoms with Crippen LogP contribution in [0.1, 0.15) is 57.2 Å². The van der Waals surface area contributed by atoms with Crippen LogP contribution >= 0.6 is 0 Å². The number of hydrogen-bond acceptors (Lipinski definition) is 8. The van der Waals surface area contributed by atoms with Crippen molar-refractivity contribution in [3.8, 4) is 5.82 Å². The lowest BCUT2D eigenvalue weighted by atomic mass is 9.91. The summed E-state index contributed by atoms with van der Waals surface area (Å²) in [6.45, 7) is 4.74. The predicted molar refractivity (Wildman–Crippen MR) is 159 cm³/mol. The number of ether oxygens (including phenoxy) is 2. The van der Waals surface area contributed by atoms with Crippen molar-refractivity contribution in [3.05, 3.63) is 36.2 Å². The Bertz CT molecular complexity index is 1370. The van der Waals surface area contributed by atoms with Gasteiger partial charge in [-0.15, -0.1) is 0 Å². The standard InChI is InChI=1S/C30H40F2N8O3/c31-27(32)28-36-23-3-1-2-4-24(23)40(28)26-19-25(39-13-17-43-18-14-39)37-29(38-26)34-21-5-7-22(8-6-21)35-30(41)33-12-9-20-10-15-42-16-11-20/h1-4,19-22,27H,5-18H2,(H2,33,35,41)(H,34,37,38)/t21-,22-. The molecule has 0 radical (unpaired) electrons. The van der Waals surface area contributed by atoms with Gasteiger partial charge < -0.3 is 30.3 Å². The molecule has 1 saturated carbocycles. The number of morpholine rings is 1. The molecule has 1 aromatic carbocycles. The minimum atomic E-state index is -2.77. The molecular weight excluding hydrogens is 558 g/mol. The first-order chi connectivity index (χ1) is 21.0. The molecule has 2 aromatic heterocycles. The SMILES string of the molecule is O=C(NCCC1CCOCC1)N[C@H]1CC[C@H](Nc2nc(N3CCOCC3)cc(-n3c(C(F)F)nc4ccccc43)n2)CC1. The van der Waals surface area contributed by atoms with Crippen LogP contribution in [0.15, 0.2) is 30.3 Å². The number of para-hydroxylation sites is 2. The van der Waals surface area contributed by atoms with E-state index in [2.05, 4.69) is 25.8 Å². The molecule has 0 atom stereocenters. The molecule has 232 valence electrons. The lowest BCUT2D eigenvalue weighted by Crippen LogP contribution is -2.45. The third kappa shape index (κ3) is 7.32. The van der Waals surface area contributed by atoms with Crippen molar-refractivity contribution in [1.29, 1.82) is 0 Å². The molecule has 6 rings (SSSR count). The minimum Gasteiger partial charge on any atom is -0.381 e. The molecule has 13 heteroatoms. The highest BCUT2D eigenvalue weighted by Gasteiger charge is 2.26. The monoisotopic (exact) mass is 598 g/mol. The zero-order valence-corrected chi connectivity index (χ0v) is 24.3. The maximum absolute atomic E-state index is 14.2. The van der Waals surface area contributed by atoms with E-state index >= 15 is 0 Å². The van der Waals surface area contributed by atoms with E-state index in [0.29, 0.717) is 67.4 Å². The molecule has 3 aliphatic rings. The molecule has 4 heterocycles. The second kappa shape index (κ2) is 13.8. The second-order valence-electron chi connectivity index (χ2n) is 11.5. The van der Waals surface area contributed by atoms with Crippen LogP contribution in [0.2, 0.25) is 0 Å². The van der Waals surface area contributed by atoms with E-state index in [-0.39, 0.29) is 23.9 Å². The summed E-state index contributed by atoms with van der Waals surface area (Å²) < 4.78 is 40.7. The fraction of sp³-hybridized carbons (Fsp3) is 0.600. The van der Waals surface area contributed by atoms with Crippen molar-refractivity contribution in [2.75, 3.05) is 56.3 Å². The molecule has 3 aromatic rings. The number of nitrogens with zero attached hydrogens (tertiary/aromatic N) is 5. The number of alkyl halides is 2. The van der Waals surface area contributed by atoms with Gasteiger partial charge in [0.05, 0.1) is 24.2 Å². The van der Waals surface area contributed by atoms with Crippen molar-refractivity contribution in [2.24, 2.45) is 5.92 Å². The quantitative estimate of drug-likeness (QED) is 0.331. The number of carbonyl (C=O) groups excluding carboxylic acids is 1. The van der Waals surface area contributed by atoms with Gasteiger partial charge in [0.1, 0.15) is 11.6 Å². The highest BCUT2D eigenvalue weighted by atomic mass is 19.3. The van der Waals surface area contributed by atoms with Crippen molar-refractivity contribution < 1.29 is 23.0 Å². The van der Waals surface area contributed by atoms with Crippen LogP contribution in [-0.4, -0.2) is 83.7 Å². The fourth-order valence-corrected chi connectivity index (χ4v) is 6.21. The number of rotatable bonds is 9. The third-order valence-electron chi connectivity index (χ3n) is 8.62. The first-order valence-corrected chi connectivity index (χ1v) is 15.4. The third-order valence-corrected chi connectivity index (χ3v) is 8.62. The van der Waals surface area contributed by atoms with Crippen LogP contribution in [0, 0.1) is 5.92 Å². The molecule has 1 aliphatic carbocycles. The molecule has 0 bridgehead atoms. The van der Waals surface area contributed by atoms with Gasteiger partial charge in [-0.25, -0.2) is 18.6 Å². The van der Waals surface area contributed by atoms with Gasteiger partial charge in [0.2, 0.25) is 5.95 Å². The van der Waals surface area contributed by atoms with Crippen LogP contribution in [0.4, 0.5) is 25.3 Å². The highest BCUT2D eigenvalue weighted by Crippen LogP contribution is 2.30. The summed E-state index contributed by atoms with van der Waals surface area (Å²) in [5.41, 5.74) is 1.05. The Kier molecular flexibility index (Phi) is 9.47. The van der Waals surface area contributed by atoms with Crippen LogP contribution in [0.5, 0.6) is 0 Å². The topological polar surface area (TPSA) is 118 Å². The largest absolute Gasteiger partial charge is 0.381 e. The first kappa shape index (κ1) is 29.5. The summed E-state index contributed by atoms with van der Waals surface area (Å²) in [4.78, 5) is 28.3. The number of fused-ring (bicyclic) bond motifs is 1. The second-order valence-corrected chi connectivity index (χ2v) is 11.5. The van der Waals surface area contributed by atoms with E-state index in [0.717, 1.165) is 58.2 Å².